The molecule has 0 aliphatic heterocycles. The van der Waals surface area contributed by atoms with Crippen LogP contribution >= 0.6 is 20.4 Å². The third kappa shape index (κ3) is 7.52. The van der Waals surface area contributed by atoms with Gasteiger partial charge in [-0.15, -0.1) is 13.2 Å². The Balaban J connectivity index is 3.82. The van der Waals surface area contributed by atoms with E-state index in [-0.39, 0.29) is 37.8 Å². The first-order valence-corrected chi connectivity index (χ1v) is 12.1. The van der Waals surface area contributed by atoms with Crippen molar-refractivity contribution in [1.29, 1.82) is 0 Å². The second-order valence-electron chi connectivity index (χ2n) is 6.22. The van der Waals surface area contributed by atoms with E-state index in [9.17, 15) is 38.9 Å². The first-order valence-electron chi connectivity index (χ1n) is 8.23. The molecule has 0 N–H and O–H groups in total. The van der Waals surface area contributed by atoms with Crippen LogP contribution in [0, 0.1) is 0 Å². The average molecular weight is 498 g/mol. The summed E-state index contributed by atoms with van der Waals surface area (Å²) in [6.07, 6.45) is 2.63. The molecule has 0 atom stereocenters. The molecule has 0 amide bonds. The molecule has 178 valence electrons. The molecule has 0 bridgehead atoms. The largest absolute Gasteiger partial charge is 0.492 e. The smallest absolute Gasteiger partial charge is 0.315 e. The van der Waals surface area contributed by atoms with Gasteiger partial charge in [0, 0.05) is 0 Å². The highest BCUT2D eigenvalue weighted by Gasteiger charge is 2.78. The van der Waals surface area contributed by atoms with Gasteiger partial charge in [0.15, 0.2) is 9.79 Å². The lowest BCUT2D eigenvalue weighted by Crippen LogP contribution is -2.19. The van der Waals surface area contributed by atoms with Gasteiger partial charge >= 0.3 is 20.4 Å². The molecular formula is C16H20F10O2S2. The zero-order chi connectivity index (χ0) is 23.6. The lowest BCUT2D eigenvalue weighted by molar-refractivity contribution is 0.264. The SMILES string of the molecule is C=CCCCOc1ccc(OCCCC=C)c(S(F)(F)(F)(F)F)c1S(F)(F)(F)(F)F. The molecule has 0 saturated carbocycles. The molecule has 14 heteroatoms. The van der Waals surface area contributed by atoms with Crippen molar-refractivity contribution >= 4 is 20.4 Å². The first-order chi connectivity index (χ1) is 13.1. The molecular weight excluding hydrogens is 478 g/mol. The van der Waals surface area contributed by atoms with E-state index in [1.165, 1.54) is 12.2 Å². The molecule has 0 aliphatic carbocycles. The lowest BCUT2D eigenvalue weighted by Gasteiger charge is -2.48. The number of hydrogen-bond donors (Lipinski definition) is 0. The van der Waals surface area contributed by atoms with Crippen LogP contribution in [0.3, 0.4) is 0 Å². The van der Waals surface area contributed by atoms with Crippen LogP contribution in [0.5, 0.6) is 11.5 Å². The molecule has 0 aromatic heterocycles. The fourth-order valence-corrected chi connectivity index (χ4v) is 5.17. The Morgan fingerprint density at radius 3 is 1.17 bits per heavy atom. The Morgan fingerprint density at radius 1 is 0.633 bits per heavy atom. The highest BCUT2D eigenvalue weighted by atomic mass is 32.5. The minimum Gasteiger partial charge on any atom is -0.492 e. The second kappa shape index (κ2) is 6.90. The molecule has 1 aromatic rings. The Kier molecular flexibility index (Phi) is 6.06. The van der Waals surface area contributed by atoms with Gasteiger partial charge in [-0.2, -0.15) is 0 Å². The summed E-state index contributed by atoms with van der Waals surface area (Å²) in [6, 6.07) is 0.216. The van der Waals surface area contributed by atoms with Crippen LogP contribution in [0.4, 0.5) is 38.9 Å². The van der Waals surface area contributed by atoms with Crippen LogP contribution in [0.15, 0.2) is 47.2 Å². The minimum absolute atomic E-state index is 0.102. The Bertz CT molecular complexity index is 746. The fourth-order valence-electron chi connectivity index (χ4n) is 2.30. The summed E-state index contributed by atoms with van der Waals surface area (Å²) >= 11 is 0. The minimum atomic E-state index is -11.3. The van der Waals surface area contributed by atoms with Crippen molar-refractivity contribution in [3.8, 4) is 11.5 Å². The number of benzene rings is 1. The van der Waals surface area contributed by atoms with Crippen LogP contribution in [0.2, 0.25) is 0 Å². The number of hydrogen-bond acceptors (Lipinski definition) is 2. The quantitative estimate of drug-likeness (QED) is 0.162. The van der Waals surface area contributed by atoms with Gasteiger partial charge in [0.1, 0.15) is 11.5 Å². The zero-order valence-electron chi connectivity index (χ0n) is 15.4. The summed E-state index contributed by atoms with van der Waals surface area (Å²) in [7, 11) is -22.7. The van der Waals surface area contributed by atoms with Crippen molar-refractivity contribution in [2.75, 3.05) is 13.2 Å². The molecule has 30 heavy (non-hydrogen) atoms. The van der Waals surface area contributed by atoms with E-state index in [0.29, 0.717) is 0 Å². The highest BCUT2D eigenvalue weighted by molar-refractivity contribution is 8.48. The van der Waals surface area contributed by atoms with Gasteiger partial charge < -0.3 is 9.47 Å². The molecule has 0 heterocycles. The van der Waals surface area contributed by atoms with Crippen molar-refractivity contribution in [3.05, 3.63) is 37.4 Å². The molecule has 2 nitrogen and oxygen atoms in total. The Hall–Kier alpha value is -1.70. The topological polar surface area (TPSA) is 18.5 Å². The summed E-state index contributed by atoms with van der Waals surface area (Å²) in [5.74, 6) is -4.11. The first kappa shape index (κ1) is 26.3. The molecule has 1 aromatic carbocycles. The number of ether oxygens (including phenoxy) is 2. The van der Waals surface area contributed by atoms with E-state index in [1.54, 1.807) is 0 Å². The van der Waals surface area contributed by atoms with Crippen molar-refractivity contribution in [2.45, 2.75) is 35.5 Å². The Morgan fingerprint density at radius 2 is 0.933 bits per heavy atom. The number of allylic oxidation sites excluding steroid dienone is 2. The van der Waals surface area contributed by atoms with Gasteiger partial charge in [0.25, 0.3) is 0 Å². The van der Waals surface area contributed by atoms with Crippen LogP contribution in [-0.2, 0) is 0 Å². The third-order valence-corrected chi connectivity index (χ3v) is 5.91. The molecule has 0 spiro atoms. The van der Waals surface area contributed by atoms with Crippen molar-refractivity contribution in [2.24, 2.45) is 0 Å². The lowest BCUT2D eigenvalue weighted by atomic mass is 10.3. The van der Waals surface area contributed by atoms with Crippen molar-refractivity contribution < 1.29 is 48.3 Å². The standard InChI is InChI=1S/C16H20F10O2S2/c1-3-5-7-11-27-13-9-10-14(28-12-8-6-4-2)16(30(22,23,24,25)26)15(13)29(17,18,19,20)21/h3-4,9-10H,1-2,5-8,11-12H2. The van der Waals surface area contributed by atoms with Crippen LogP contribution < -0.4 is 9.47 Å². The van der Waals surface area contributed by atoms with E-state index in [0.717, 1.165) is 0 Å². The maximum Gasteiger partial charge on any atom is 0.315 e. The molecule has 0 saturated heterocycles. The summed E-state index contributed by atoms with van der Waals surface area (Å²) in [6.45, 7) is 5.08. The maximum atomic E-state index is 13.6. The summed E-state index contributed by atoms with van der Waals surface area (Å²) in [4.78, 5) is -7.68. The Labute approximate surface area is 167 Å². The van der Waals surface area contributed by atoms with Crippen LogP contribution in [0.25, 0.3) is 0 Å². The van der Waals surface area contributed by atoms with Crippen LogP contribution in [0.1, 0.15) is 25.7 Å². The molecule has 0 aliphatic rings. The van der Waals surface area contributed by atoms with Gasteiger partial charge in [-0.1, -0.05) is 51.0 Å². The molecule has 0 unspecified atom stereocenters. The second-order valence-corrected chi connectivity index (χ2v) is 10.9. The predicted octanol–water partition coefficient (Wildman–Crippen LogP) is 9.69. The molecule has 1 rings (SSSR count). The number of rotatable bonds is 12. The van der Waals surface area contributed by atoms with Crippen molar-refractivity contribution in [3.63, 3.8) is 0 Å². The van der Waals surface area contributed by atoms with E-state index in [1.807, 2.05) is 0 Å². The van der Waals surface area contributed by atoms with E-state index in [2.05, 4.69) is 22.6 Å². The maximum absolute atomic E-state index is 13.6. The van der Waals surface area contributed by atoms with Crippen molar-refractivity contribution in [1.82, 2.24) is 0 Å². The monoisotopic (exact) mass is 498 g/mol. The third-order valence-electron chi connectivity index (χ3n) is 3.43. The highest BCUT2D eigenvalue weighted by Crippen LogP contribution is 3.10. The fraction of sp³-hybridized carbons (Fsp3) is 0.375. The van der Waals surface area contributed by atoms with Gasteiger partial charge in [-0.3, -0.25) is 0 Å². The van der Waals surface area contributed by atoms with Crippen LogP contribution in [-0.4, -0.2) is 13.2 Å². The number of halogens is 10. The normalized spacial score (nSPS) is 17.1. The van der Waals surface area contributed by atoms with Gasteiger partial charge in [0.2, 0.25) is 0 Å². The molecule has 0 radical (unpaired) electrons. The summed E-state index contributed by atoms with van der Waals surface area (Å²) in [5.41, 5.74) is 0. The summed E-state index contributed by atoms with van der Waals surface area (Å²) in [5, 5.41) is 0. The molecule has 0 fully saturated rings. The predicted molar refractivity (Wildman–Crippen MR) is 99.1 cm³/mol. The van der Waals surface area contributed by atoms with Gasteiger partial charge in [-0.25, -0.2) is 0 Å². The average Bonchev–Trinajstić information content (AvgIpc) is 2.51. The number of unbranched alkanes of at least 4 members (excludes halogenated alkanes) is 2. The summed E-state index contributed by atoms with van der Waals surface area (Å²) < 4.78 is 144. The van der Waals surface area contributed by atoms with E-state index >= 15 is 0 Å². The van der Waals surface area contributed by atoms with Gasteiger partial charge in [-0.05, 0) is 37.8 Å². The van der Waals surface area contributed by atoms with Gasteiger partial charge in [0.05, 0.1) is 13.2 Å². The van der Waals surface area contributed by atoms with E-state index < -0.39 is 55.0 Å². The van der Waals surface area contributed by atoms with E-state index in [4.69, 9.17) is 0 Å². The zero-order valence-corrected chi connectivity index (χ0v) is 17.0.